The number of ketones is 1. The number of likely N-dealkylation sites (tertiary alicyclic amines) is 1. The molecule has 1 aromatic carbocycles. The van der Waals surface area contributed by atoms with Gasteiger partial charge in [-0.1, -0.05) is 24.3 Å². The number of carbonyl (C=O) groups is 2. The zero-order chi connectivity index (χ0) is 18.8. The Labute approximate surface area is 164 Å². The van der Waals surface area contributed by atoms with Gasteiger partial charge in [0.05, 0.1) is 11.3 Å². The summed E-state index contributed by atoms with van der Waals surface area (Å²) in [5.74, 6) is 1.09. The summed E-state index contributed by atoms with van der Waals surface area (Å²) < 4.78 is 0. The lowest BCUT2D eigenvalue weighted by Gasteiger charge is -2.28. The number of hydrogen-bond acceptors (Lipinski definition) is 5. The number of thioether (sulfide) groups is 1. The molecule has 3 aliphatic rings. The molecular weight excluding hydrogens is 358 g/mol. The molecule has 0 radical (unpaired) electrons. The molecule has 2 fully saturated rings. The molecule has 27 heavy (non-hydrogen) atoms. The predicted molar refractivity (Wildman–Crippen MR) is 105 cm³/mol. The van der Waals surface area contributed by atoms with Gasteiger partial charge in [-0.3, -0.25) is 14.9 Å². The van der Waals surface area contributed by atoms with Crippen molar-refractivity contribution in [2.75, 3.05) is 12.4 Å². The topological polar surface area (TPSA) is 73.2 Å². The molecule has 0 bridgehead atoms. The molecule has 1 unspecified atom stereocenters. The van der Waals surface area contributed by atoms with Crippen LogP contribution >= 0.6 is 11.8 Å². The maximum atomic E-state index is 13.0. The van der Waals surface area contributed by atoms with E-state index in [2.05, 4.69) is 35.7 Å². The Balaban J connectivity index is 1.40. The van der Waals surface area contributed by atoms with Crippen molar-refractivity contribution >= 4 is 23.5 Å². The SMILES string of the molecule is N#C[C@@H]1CCCN1C(=O)[C@H]1NCSC1C(=O)C[C@H]1CCc2ccccc2C1. The van der Waals surface area contributed by atoms with E-state index >= 15 is 0 Å². The van der Waals surface area contributed by atoms with Gasteiger partial charge >= 0.3 is 0 Å². The number of hydrogen-bond donors (Lipinski definition) is 1. The second-order valence-electron chi connectivity index (χ2n) is 7.78. The van der Waals surface area contributed by atoms with Gasteiger partial charge in [0.2, 0.25) is 5.91 Å². The van der Waals surface area contributed by atoms with Crippen LogP contribution in [-0.4, -0.2) is 46.3 Å². The van der Waals surface area contributed by atoms with Crippen molar-refractivity contribution < 1.29 is 9.59 Å². The Morgan fingerprint density at radius 1 is 1.26 bits per heavy atom. The lowest BCUT2D eigenvalue weighted by molar-refractivity contribution is -0.135. The summed E-state index contributed by atoms with van der Waals surface area (Å²) in [6, 6.07) is 9.90. The lowest BCUT2D eigenvalue weighted by Crippen LogP contribution is -2.51. The maximum Gasteiger partial charge on any atom is 0.242 e. The molecule has 5 nitrogen and oxygen atoms in total. The minimum atomic E-state index is -0.479. The van der Waals surface area contributed by atoms with Crippen LogP contribution in [0.1, 0.15) is 36.8 Å². The van der Waals surface area contributed by atoms with Gasteiger partial charge in [0.15, 0.2) is 0 Å². The Morgan fingerprint density at radius 2 is 2.07 bits per heavy atom. The summed E-state index contributed by atoms with van der Waals surface area (Å²) in [6.07, 6.45) is 5.16. The summed E-state index contributed by atoms with van der Waals surface area (Å²) in [6.45, 7) is 0.625. The van der Waals surface area contributed by atoms with Gasteiger partial charge in [-0.2, -0.15) is 5.26 Å². The van der Waals surface area contributed by atoms with Crippen LogP contribution in [0.2, 0.25) is 0 Å². The van der Waals surface area contributed by atoms with E-state index in [1.165, 1.54) is 22.9 Å². The molecule has 6 heteroatoms. The largest absolute Gasteiger partial charge is 0.325 e. The van der Waals surface area contributed by atoms with E-state index in [1.807, 2.05) is 0 Å². The molecule has 142 valence electrons. The van der Waals surface area contributed by atoms with Crippen molar-refractivity contribution in [3.8, 4) is 6.07 Å². The Hall–Kier alpha value is -1.84. The van der Waals surface area contributed by atoms with Crippen molar-refractivity contribution in [2.45, 2.75) is 55.9 Å². The highest BCUT2D eigenvalue weighted by atomic mass is 32.2. The number of carbonyl (C=O) groups excluding carboxylic acids is 2. The highest BCUT2D eigenvalue weighted by Crippen LogP contribution is 2.32. The Morgan fingerprint density at radius 3 is 2.89 bits per heavy atom. The number of nitrogens with zero attached hydrogens (tertiary/aromatic N) is 2. The van der Waals surface area contributed by atoms with Crippen LogP contribution in [0.3, 0.4) is 0 Å². The minimum Gasteiger partial charge on any atom is -0.325 e. The number of nitrogens with one attached hydrogen (secondary N) is 1. The molecular formula is C21H25N3O2S. The molecule has 0 aromatic heterocycles. The van der Waals surface area contributed by atoms with Crippen LogP contribution < -0.4 is 5.32 Å². The minimum absolute atomic E-state index is 0.0728. The number of aryl methyl sites for hydroxylation is 1. The van der Waals surface area contributed by atoms with E-state index in [4.69, 9.17) is 0 Å². The first-order valence-electron chi connectivity index (χ1n) is 9.82. The molecule has 1 amide bonds. The van der Waals surface area contributed by atoms with E-state index in [1.54, 1.807) is 4.90 Å². The number of benzene rings is 1. The van der Waals surface area contributed by atoms with Gasteiger partial charge in [-0.05, 0) is 49.1 Å². The van der Waals surface area contributed by atoms with Crippen molar-refractivity contribution in [2.24, 2.45) is 5.92 Å². The molecule has 0 saturated carbocycles. The fourth-order valence-corrected chi connectivity index (χ4v) is 5.76. The van der Waals surface area contributed by atoms with Crippen LogP contribution in [0.25, 0.3) is 0 Å². The summed E-state index contributed by atoms with van der Waals surface area (Å²) in [4.78, 5) is 27.6. The number of fused-ring (bicyclic) bond motifs is 1. The Kier molecular flexibility index (Phi) is 5.51. The van der Waals surface area contributed by atoms with Crippen LogP contribution in [-0.2, 0) is 22.4 Å². The number of amides is 1. The standard InChI is InChI=1S/C21H25N3O2S/c22-12-17-6-3-9-24(17)21(26)19-20(27-13-23-19)18(25)11-14-7-8-15-4-1-2-5-16(15)10-14/h1-2,4-5,14,17,19-20,23H,3,6-11,13H2/t14-,17-,19-,20?/m0/s1. The molecule has 1 aliphatic carbocycles. The third-order valence-corrected chi connectivity index (χ3v) is 7.30. The molecule has 1 N–H and O–H groups in total. The third-order valence-electron chi connectivity index (χ3n) is 6.08. The van der Waals surface area contributed by atoms with Crippen molar-refractivity contribution in [1.82, 2.24) is 10.2 Å². The van der Waals surface area contributed by atoms with Crippen LogP contribution in [0.4, 0.5) is 0 Å². The van der Waals surface area contributed by atoms with Crippen molar-refractivity contribution in [3.63, 3.8) is 0 Å². The van der Waals surface area contributed by atoms with Gasteiger partial charge in [0.1, 0.15) is 17.9 Å². The number of Topliss-reactive ketones (excluding diaryl/α,β-unsaturated/α-hetero) is 1. The lowest BCUT2D eigenvalue weighted by atomic mass is 9.81. The fraction of sp³-hybridized carbons (Fsp3) is 0.571. The van der Waals surface area contributed by atoms with Gasteiger partial charge < -0.3 is 4.90 Å². The Bertz CT molecular complexity index is 775. The van der Waals surface area contributed by atoms with Crippen LogP contribution in [0, 0.1) is 17.2 Å². The van der Waals surface area contributed by atoms with E-state index in [0.29, 0.717) is 24.8 Å². The van der Waals surface area contributed by atoms with Crippen molar-refractivity contribution in [3.05, 3.63) is 35.4 Å². The molecule has 4 rings (SSSR count). The smallest absolute Gasteiger partial charge is 0.242 e. The second-order valence-corrected chi connectivity index (χ2v) is 8.91. The van der Waals surface area contributed by atoms with Crippen molar-refractivity contribution in [1.29, 1.82) is 5.26 Å². The molecule has 1 aromatic rings. The molecule has 4 atom stereocenters. The van der Waals surface area contributed by atoms with E-state index in [9.17, 15) is 14.9 Å². The summed E-state index contributed by atoms with van der Waals surface area (Å²) in [5, 5.41) is 12.1. The zero-order valence-electron chi connectivity index (χ0n) is 15.4. The molecule has 0 spiro atoms. The second kappa shape index (κ2) is 8.04. The van der Waals surface area contributed by atoms with Crippen LogP contribution in [0.5, 0.6) is 0 Å². The van der Waals surface area contributed by atoms with Crippen LogP contribution in [0.15, 0.2) is 24.3 Å². The normalized spacial score (nSPS) is 30.0. The molecule has 2 heterocycles. The summed E-state index contributed by atoms with van der Waals surface area (Å²) >= 11 is 1.54. The fourth-order valence-electron chi connectivity index (χ4n) is 4.62. The average Bonchev–Trinajstić information content (AvgIpc) is 3.36. The number of nitriles is 1. The zero-order valence-corrected chi connectivity index (χ0v) is 16.2. The molecule has 2 aliphatic heterocycles. The maximum absolute atomic E-state index is 13.0. The van der Waals surface area contributed by atoms with Gasteiger partial charge in [-0.15, -0.1) is 11.8 Å². The average molecular weight is 384 g/mol. The van der Waals surface area contributed by atoms with E-state index in [-0.39, 0.29) is 23.0 Å². The highest BCUT2D eigenvalue weighted by Gasteiger charge is 2.43. The van der Waals surface area contributed by atoms with E-state index < -0.39 is 6.04 Å². The first-order chi connectivity index (χ1) is 13.2. The van der Waals surface area contributed by atoms with E-state index in [0.717, 1.165) is 32.1 Å². The first kappa shape index (κ1) is 18.5. The quantitative estimate of drug-likeness (QED) is 0.864. The monoisotopic (exact) mass is 383 g/mol. The summed E-state index contributed by atoms with van der Waals surface area (Å²) in [5.41, 5.74) is 2.77. The van der Waals surface area contributed by atoms with Gasteiger partial charge in [0.25, 0.3) is 0 Å². The predicted octanol–water partition coefficient (Wildman–Crippen LogP) is 2.30. The third kappa shape index (κ3) is 3.76. The number of rotatable bonds is 4. The molecule has 2 saturated heterocycles. The summed E-state index contributed by atoms with van der Waals surface area (Å²) in [7, 11) is 0. The highest BCUT2D eigenvalue weighted by molar-refractivity contribution is 8.00. The first-order valence-corrected chi connectivity index (χ1v) is 10.9. The van der Waals surface area contributed by atoms with Gasteiger partial charge in [0, 0.05) is 18.8 Å². The van der Waals surface area contributed by atoms with Gasteiger partial charge in [-0.25, -0.2) is 0 Å².